The van der Waals surface area contributed by atoms with Gasteiger partial charge in [-0.25, -0.2) is 0 Å². The summed E-state index contributed by atoms with van der Waals surface area (Å²) in [6.07, 6.45) is 0.462. The quantitative estimate of drug-likeness (QED) is 0.834. The minimum absolute atomic E-state index is 0.0456. The van der Waals surface area contributed by atoms with E-state index in [9.17, 15) is 9.00 Å². The van der Waals surface area contributed by atoms with Gasteiger partial charge in [-0.2, -0.15) is 5.26 Å². The highest BCUT2D eigenvalue weighted by molar-refractivity contribution is 7.84. The Kier molecular flexibility index (Phi) is 5.37. The Morgan fingerprint density at radius 3 is 2.88 bits per heavy atom. The van der Waals surface area contributed by atoms with Crippen LogP contribution in [0.1, 0.15) is 24.0 Å². The van der Waals surface area contributed by atoms with Crippen molar-refractivity contribution < 1.29 is 14.1 Å². The van der Waals surface area contributed by atoms with Crippen molar-refractivity contribution in [2.75, 3.05) is 5.75 Å². The van der Waals surface area contributed by atoms with E-state index in [1.807, 2.05) is 12.1 Å². The molecule has 1 atom stereocenters. The van der Waals surface area contributed by atoms with Crippen LogP contribution in [0.4, 0.5) is 0 Å². The summed E-state index contributed by atoms with van der Waals surface area (Å²) >= 11 is 0. The highest BCUT2D eigenvalue weighted by Crippen LogP contribution is 2.08. The van der Waals surface area contributed by atoms with E-state index in [1.54, 1.807) is 18.2 Å². The van der Waals surface area contributed by atoms with Crippen LogP contribution in [0.5, 0.6) is 0 Å². The van der Waals surface area contributed by atoms with Crippen LogP contribution in [0, 0.1) is 11.3 Å². The van der Waals surface area contributed by atoms with Crippen LogP contribution >= 0.6 is 0 Å². The van der Waals surface area contributed by atoms with Crippen molar-refractivity contribution in [3.8, 4) is 6.07 Å². The third-order valence-corrected chi connectivity index (χ3v) is 3.55. The summed E-state index contributed by atoms with van der Waals surface area (Å²) in [5, 5.41) is 17.2. The van der Waals surface area contributed by atoms with E-state index in [2.05, 4.69) is 0 Å². The fourth-order valence-corrected chi connectivity index (χ4v) is 2.54. The summed E-state index contributed by atoms with van der Waals surface area (Å²) in [6.45, 7) is 0. The summed E-state index contributed by atoms with van der Waals surface area (Å²) in [7, 11) is -1.07. The molecule has 0 amide bonds. The molecule has 5 heteroatoms. The van der Waals surface area contributed by atoms with E-state index in [0.29, 0.717) is 23.5 Å². The molecule has 0 saturated carbocycles. The van der Waals surface area contributed by atoms with Gasteiger partial charge in [0.05, 0.1) is 11.6 Å². The van der Waals surface area contributed by atoms with Crippen LogP contribution in [-0.4, -0.2) is 21.0 Å². The van der Waals surface area contributed by atoms with E-state index in [0.717, 1.165) is 5.56 Å². The molecule has 0 aromatic heterocycles. The number of hydrogen-bond donors (Lipinski definition) is 1. The molecule has 1 unspecified atom stereocenters. The van der Waals surface area contributed by atoms with Gasteiger partial charge in [0, 0.05) is 28.7 Å². The standard InChI is InChI=1S/C12H13NO3S/c13-8-10-3-1-4-11(7-10)9-17(16)6-2-5-12(14)15/h1,3-4,7H,2,5-6,9H2,(H,14,15). The number of nitriles is 1. The van der Waals surface area contributed by atoms with Crippen molar-refractivity contribution in [2.24, 2.45) is 0 Å². The van der Waals surface area contributed by atoms with E-state index in [4.69, 9.17) is 10.4 Å². The van der Waals surface area contributed by atoms with Gasteiger partial charge in [-0.15, -0.1) is 0 Å². The monoisotopic (exact) mass is 251 g/mol. The van der Waals surface area contributed by atoms with Crippen molar-refractivity contribution in [1.82, 2.24) is 0 Å². The second-order valence-electron chi connectivity index (χ2n) is 3.60. The van der Waals surface area contributed by atoms with Crippen molar-refractivity contribution >= 4 is 16.8 Å². The molecule has 0 bridgehead atoms. The number of carboxylic acids is 1. The van der Waals surface area contributed by atoms with Crippen LogP contribution in [0.25, 0.3) is 0 Å². The van der Waals surface area contributed by atoms with Gasteiger partial charge >= 0.3 is 5.97 Å². The summed E-state index contributed by atoms with van der Waals surface area (Å²) < 4.78 is 11.6. The first-order chi connectivity index (χ1) is 8.11. The molecule has 0 saturated heterocycles. The minimum Gasteiger partial charge on any atom is -0.481 e. The third-order valence-electron chi connectivity index (χ3n) is 2.15. The molecule has 0 aliphatic heterocycles. The second kappa shape index (κ2) is 6.81. The molecule has 1 aromatic carbocycles. The van der Waals surface area contributed by atoms with Crippen molar-refractivity contribution in [3.63, 3.8) is 0 Å². The van der Waals surface area contributed by atoms with E-state index in [1.165, 1.54) is 0 Å². The molecule has 4 nitrogen and oxygen atoms in total. The molecule has 0 fully saturated rings. The zero-order valence-electron chi connectivity index (χ0n) is 9.26. The first-order valence-corrected chi connectivity index (χ1v) is 6.66. The van der Waals surface area contributed by atoms with Gasteiger partial charge in [0.15, 0.2) is 0 Å². The number of nitrogens with zero attached hydrogens (tertiary/aromatic N) is 1. The highest BCUT2D eigenvalue weighted by atomic mass is 32.2. The topological polar surface area (TPSA) is 78.2 Å². The first-order valence-electron chi connectivity index (χ1n) is 5.17. The lowest BCUT2D eigenvalue weighted by atomic mass is 10.2. The maximum absolute atomic E-state index is 11.6. The van der Waals surface area contributed by atoms with Gasteiger partial charge in [0.2, 0.25) is 0 Å². The summed E-state index contributed by atoms with van der Waals surface area (Å²) in [5.41, 5.74) is 1.39. The third kappa shape index (κ3) is 5.27. The SMILES string of the molecule is N#Cc1cccc(CS(=O)CCCC(=O)O)c1. The molecular formula is C12H13NO3S. The molecule has 0 aliphatic rings. The fraction of sp³-hybridized carbons (Fsp3) is 0.333. The number of hydrogen-bond acceptors (Lipinski definition) is 3. The first kappa shape index (κ1) is 13.4. The predicted octanol–water partition coefficient (Wildman–Crippen LogP) is 1.67. The Bertz CT molecular complexity index is 465. The highest BCUT2D eigenvalue weighted by Gasteiger charge is 2.04. The van der Waals surface area contributed by atoms with Gasteiger partial charge < -0.3 is 5.11 Å². The number of carbonyl (C=O) groups is 1. The lowest BCUT2D eigenvalue weighted by Gasteiger charge is -2.02. The summed E-state index contributed by atoms with van der Waals surface area (Å²) in [5.74, 6) is -0.119. The molecule has 1 N–H and O–H groups in total. The average molecular weight is 251 g/mol. The lowest BCUT2D eigenvalue weighted by molar-refractivity contribution is -0.137. The maximum atomic E-state index is 11.6. The largest absolute Gasteiger partial charge is 0.481 e. The zero-order valence-corrected chi connectivity index (χ0v) is 10.1. The minimum atomic E-state index is -1.07. The smallest absolute Gasteiger partial charge is 0.303 e. The molecule has 17 heavy (non-hydrogen) atoms. The molecule has 0 aliphatic carbocycles. The lowest BCUT2D eigenvalue weighted by Crippen LogP contribution is -2.04. The Morgan fingerprint density at radius 2 is 2.24 bits per heavy atom. The molecule has 0 spiro atoms. The van der Waals surface area contributed by atoms with Crippen molar-refractivity contribution in [1.29, 1.82) is 5.26 Å². The molecule has 0 heterocycles. The summed E-state index contributed by atoms with van der Waals surface area (Å²) in [6, 6.07) is 8.98. The summed E-state index contributed by atoms with van der Waals surface area (Å²) in [4.78, 5) is 10.3. The molecule has 1 rings (SSSR count). The average Bonchev–Trinajstić information content (AvgIpc) is 2.28. The van der Waals surface area contributed by atoms with E-state index < -0.39 is 16.8 Å². The molecule has 1 aromatic rings. The van der Waals surface area contributed by atoms with Gasteiger partial charge in [0.25, 0.3) is 0 Å². The molecule has 0 radical (unpaired) electrons. The number of benzene rings is 1. The van der Waals surface area contributed by atoms with Crippen LogP contribution in [0.3, 0.4) is 0 Å². The van der Waals surface area contributed by atoms with Gasteiger partial charge in [0.1, 0.15) is 0 Å². The van der Waals surface area contributed by atoms with Crippen LogP contribution in [0.15, 0.2) is 24.3 Å². The fourth-order valence-electron chi connectivity index (χ4n) is 1.37. The van der Waals surface area contributed by atoms with Crippen LogP contribution in [-0.2, 0) is 21.3 Å². The zero-order chi connectivity index (χ0) is 12.7. The Hall–Kier alpha value is -1.67. The van der Waals surface area contributed by atoms with Gasteiger partial charge in [-0.1, -0.05) is 12.1 Å². The Labute approximate surface area is 102 Å². The molecular weight excluding hydrogens is 238 g/mol. The normalized spacial score (nSPS) is 11.7. The van der Waals surface area contributed by atoms with Crippen molar-refractivity contribution in [3.05, 3.63) is 35.4 Å². The van der Waals surface area contributed by atoms with Crippen molar-refractivity contribution in [2.45, 2.75) is 18.6 Å². The Morgan fingerprint density at radius 1 is 1.47 bits per heavy atom. The van der Waals surface area contributed by atoms with E-state index in [-0.39, 0.29) is 6.42 Å². The van der Waals surface area contributed by atoms with Crippen LogP contribution < -0.4 is 0 Å². The maximum Gasteiger partial charge on any atom is 0.303 e. The number of rotatable bonds is 6. The predicted molar refractivity (Wildman–Crippen MR) is 64.7 cm³/mol. The number of carboxylic acid groups (broad SMARTS) is 1. The van der Waals surface area contributed by atoms with Crippen LogP contribution in [0.2, 0.25) is 0 Å². The molecule has 90 valence electrons. The second-order valence-corrected chi connectivity index (χ2v) is 5.17. The number of aliphatic carboxylic acids is 1. The van der Waals surface area contributed by atoms with E-state index >= 15 is 0 Å². The van der Waals surface area contributed by atoms with Gasteiger partial charge in [-0.05, 0) is 24.1 Å². The van der Waals surface area contributed by atoms with Gasteiger partial charge in [-0.3, -0.25) is 9.00 Å². The Balaban J connectivity index is 2.45.